The zero-order valence-electron chi connectivity index (χ0n) is 20.2. The maximum atomic E-state index is 5.81. The molecule has 6 heteroatoms. The fourth-order valence-electron chi connectivity index (χ4n) is 3.51. The fraction of sp³-hybridized carbons (Fsp3) is 0.286. The highest BCUT2D eigenvalue weighted by Crippen LogP contribution is 2.21. The quantitative estimate of drug-likeness (QED) is 0.216. The number of imidazole rings is 1. The molecule has 0 aliphatic carbocycles. The summed E-state index contributed by atoms with van der Waals surface area (Å²) in [5, 5.41) is 6.60. The molecule has 0 saturated carbocycles. The second kappa shape index (κ2) is 12.3. The molecule has 0 unspecified atom stereocenters. The number of aromatic nitrogens is 2. The molecule has 1 aliphatic rings. The van der Waals surface area contributed by atoms with Crippen LogP contribution in [0, 0.1) is 18.8 Å². The Morgan fingerprint density at radius 3 is 2.97 bits per heavy atom. The topological polar surface area (TPSA) is 80.3 Å². The van der Waals surface area contributed by atoms with Gasteiger partial charge in [-0.05, 0) is 42.9 Å². The van der Waals surface area contributed by atoms with Crippen molar-refractivity contribution in [2.45, 2.75) is 39.7 Å². The number of nitrogens with two attached hydrogens (primary N) is 1. The molecule has 1 aliphatic heterocycles. The molecule has 0 bridgehead atoms. The molecule has 1 aromatic carbocycles. The van der Waals surface area contributed by atoms with Crippen molar-refractivity contribution < 1.29 is 0 Å². The van der Waals surface area contributed by atoms with Crippen molar-refractivity contribution in [1.82, 2.24) is 20.2 Å². The number of benzene rings is 1. The van der Waals surface area contributed by atoms with Gasteiger partial charge in [-0.1, -0.05) is 50.1 Å². The Labute approximate surface area is 203 Å². The van der Waals surface area contributed by atoms with E-state index in [1.54, 1.807) is 6.21 Å². The number of nitrogens with one attached hydrogen (secondary N) is 2. The molecule has 0 fully saturated rings. The van der Waals surface area contributed by atoms with Crippen LogP contribution < -0.4 is 16.4 Å². The Balaban J connectivity index is 1.79. The van der Waals surface area contributed by atoms with E-state index < -0.39 is 0 Å². The maximum Gasteiger partial charge on any atom is 0.157 e. The largest absolute Gasteiger partial charge is 0.403 e. The van der Waals surface area contributed by atoms with Gasteiger partial charge in [0.05, 0.1) is 17.6 Å². The van der Waals surface area contributed by atoms with Crippen LogP contribution in [0.1, 0.15) is 54.4 Å². The van der Waals surface area contributed by atoms with Gasteiger partial charge >= 0.3 is 0 Å². The second-order valence-electron chi connectivity index (χ2n) is 8.09. The standard InChI is InChI=1S/C28H34N6/c1-5-7-15-30-19-25(18-29)33-27-9-8-16-34-26(20-32-28(27)34)13-12-23-17-24(11-10-21(23)3)22(4)31-14-6-2/h6,9-11,17-20,31,33H,2,4-5,7-8,14-16,29H2,1,3H3. The maximum absolute atomic E-state index is 5.81. The summed E-state index contributed by atoms with van der Waals surface area (Å²) >= 11 is 0. The van der Waals surface area contributed by atoms with E-state index >= 15 is 0 Å². The van der Waals surface area contributed by atoms with Crippen molar-refractivity contribution >= 4 is 17.6 Å². The first-order valence-corrected chi connectivity index (χ1v) is 11.7. The van der Waals surface area contributed by atoms with Crippen LogP contribution in [0.4, 0.5) is 0 Å². The zero-order valence-corrected chi connectivity index (χ0v) is 20.2. The van der Waals surface area contributed by atoms with Crippen molar-refractivity contribution in [3.63, 3.8) is 0 Å². The van der Waals surface area contributed by atoms with E-state index in [9.17, 15) is 0 Å². The highest BCUT2D eigenvalue weighted by Gasteiger charge is 2.17. The molecule has 2 aromatic rings. The summed E-state index contributed by atoms with van der Waals surface area (Å²) in [4.78, 5) is 9.07. The molecule has 0 amide bonds. The number of allylic oxidation sites excluding steroid dienone is 2. The van der Waals surface area contributed by atoms with Gasteiger partial charge in [-0.3, -0.25) is 4.99 Å². The summed E-state index contributed by atoms with van der Waals surface area (Å²) in [5.74, 6) is 7.50. The van der Waals surface area contributed by atoms with E-state index in [2.05, 4.69) is 88.3 Å². The van der Waals surface area contributed by atoms with Crippen LogP contribution in [-0.4, -0.2) is 28.9 Å². The van der Waals surface area contributed by atoms with Gasteiger partial charge in [0.15, 0.2) is 5.82 Å². The average Bonchev–Trinajstić information content (AvgIpc) is 3.27. The molecule has 6 nitrogen and oxygen atoms in total. The van der Waals surface area contributed by atoms with Gasteiger partial charge in [0.1, 0.15) is 5.69 Å². The van der Waals surface area contributed by atoms with Gasteiger partial charge < -0.3 is 20.9 Å². The minimum absolute atomic E-state index is 0.672. The van der Waals surface area contributed by atoms with E-state index in [1.807, 2.05) is 12.3 Å². The molecule has 1 aromatic heterocycles. The van der Waals surface area contributed by atoms with Crippen molar-refractivity contribution in [3.05, 3.63) is 89.8 Å². The first-order valence-electron chi connectivity index (χ1n) is 11.7. The van der Waals surface area contributed by atoms with Gasteiger partial charge in [0.2, 0.25) is 0 Å². The Morgan fingerprint density at radius 2 is 2.21 bits per heavy atom. The van der Waals surface area contributed by atoms with Gasteiger partial charge in [0.25, 0.3) is 0 Å². The minimum Gasteiger partial charge on any atom is -0.403 e. The van der Waals surface area contributed by atoms with Gasteiger partial charge in [-0.15, -0.1) is 6.58 Å². The van der Waals surface area contributed by atoms with Gasteiger partial charge in [0, 0.05) is 43.3 Å². The number of aliphatic imine (C=N–C) groups is 1. The van der Waals surface area contributed by atoms with Crippen LogP contribution in [0.25, 0.3) is 11.4 Å². The predicted octanol–water partition coefficient (Wildman–Crippen LogP) is 4.34. The Morgan fingerprint density at radius 1 is 1.35 bits per heavy atom. The minimum atomic E-state index is 0.672. The van der Waals surface area contributed by atoms with E-state index in [4.69, 9.17) is 5.73 Å². The SMILES string of the molecule is C=CCNC(=C)c1ccc(C)c(C#Cc2cnc3n2CCC=C3NC(C=NCCCC)=CN)c1. The van der Waals surface area contributed by atoms with Crippen LogP contribution in [0.15, 0.2) is 66.6 Å². The molecule has 176 valence electrons. The summed E-state index contributed by atoms with van der Waals surface area (Å²) in [6, 6.07) is 6.19. The number of hydrogen-bond acceptors (Lipinski definition) is 5. The van der Waals surface area contributed by atoms with E-state index in [-0.39, 0.29) is 0 Å². The molecule has 34 heavy (non-hydrogen) atoms. The van der Waals surface area contributed by atoms with Crippen molar-refractivity contribution in [2.24, 2.45) is 10.7 Å². The number of aryl methyl sites for hydroxylation is 1. The monoisotopic (exact) mass is 454 g/mol. The molecule has 3 rings (SSSR count). The molecule has 0 saturated heterocycles. The summed E-state index contributed by atoms with van der Waals surface area (Å²) in [6.45, 7) is 14.4. The van der Waals surface area contributed by atoms with Crippen molar-refractivity contribution in [1.29, 1.82) is 0 Å². The molecular formula is C28H34N6. The Hall–Kier alpha value is -3.98. The zero-order chi connectivity index (χ0) is 24.3. The molecule has 0 radical (unpaired) electrons. The number of nitrogens with zero attached hydrogens (tertiary/aromatic N) is 3. The average molecular weight is 455 g/mol. The van der Waals surface area contributed by atoms with Crippen LogP contribution in [0.5, 0.6) is 0 Å². The number of unbranched alkanes of at least 4 members (excludes halogenated alkanes) is 1. The van der Waals surface area contributed by atoms with Crippen LogP contribution in [-0.2, 0) is 6.54 Å². The fourth-order valence-corrected chi connectivity index (χ4v) is 3.51. The van der Waals surface area contributed by atoms with Crippen molar-refractivity contribution in [2.75, 3.05) is 13.1 Å². The third kappa shape index (κ3) is 6.29. The summed E-state index contributed by atoms with van der Waals surface area (Å²) in [7, 11) is 0. The Kier molecular flexibility index (Phi) is 8.93. The Bertz CT molecular complexity index is 1180. The number of fused-ring (bicyclic) bond motifs is 1. The molecule has 4 N–H and O–H groups in total. The molecule has 0 atom stereocenters. The van der Waals surface area contributed by atoms with Crippen molar-refractivity contribution in [3.8, 4) is 11.8 Å². The van der Waals surface area contributed by atoms with E-state index in [1.165, 1.54) is 6.20 Å². The lowest BCUT2D eigenvalue weighted by Crippen LogP contribution is -2.21. The third-order valence-corrected chi connectivity index (χ3v) is 5.50. The van der Waals surface area contributed by atoms with Crippen LogP contribution in [0.2, 0.25) is 0 Å². The molecule has 2 heterocycles. The van der Waals surface area contributed by atoms with Gasteiger partial charge in [-0.25, -0.2) is 4.98 Å². The predicted molar refractivity (Wildman–Crippen MR) is 143 cm³/mol. The van der Waals surface area contributed by atoms with Crippen LogP contribution >= 0.6 is 0 Å². The highest BCUT2D eigenvalue weighted by atomic mass is 15.1. The number of hydrogen-bond donors (Lipinski definition) is 3. The van der Waals surface area contributed by atoms with Gasteiger partial charge in [-0.2, -0.15) is 0 Å². The normalized spacial score (nSPS) is 13.0. The summed E-state index contributed by atoms with van der Waals surface area (Å²) in [5.41, 5.74) is 12.3. The third-order valence-electron chi connectivity index (χ3n) is 5.50. The lowest BCUT2D eigenvalue weighted by atomic mass is 10.0. The second-order valence-corrected chi connectivity index (χ2v) is 8.09. The lowest BCUT2D eigenvalue weighted by molar-refractivity contribution is 0.670. The highest BCUT2D eigenvalue weighted by molar-refractivity contribution is 5.81. The number of rotatable bonds is 10. The first-order chi connectivity index (χ1) is 16.6. The molecule has 0 spiro atoms. The molecular weight excluding hydrogens is 420 g/mol. The van der Waals surface area contributed by atoms with Crippen LogP contribution in [0.3, 0.4) is 0 Å². The summed E-state index contributed by atoms with van der Waals surface area (Å²) in [6.07, 6.45) is 12.2. The lowest BCUT2D eigenvalue weighted by Gasteiger charge is -2.18. The summed E-state index contributed by atoms with van der Waals surface area (Å²) < 4.78 is 2.14. The van der Waals surface area contributed by atoms with E-state index in [0.29, 0.717) is 6.54 Å². The first kappa shape index (κ1) is 24.7. The smallest absolute Gasteiger partial charge is 0.157 e. The van der Waals surface area contributed by atoms with E-state index in [0.717, 1.165) is 77.7 Å².